The standard InChI is InChI=1S/C58H95FN8O9/c1-17-50-41(9)52(68)38(6)37(5)35(3)28-58(11,73-16)55(39(7)48(40(8)56(71)75-50)26-42-24-34(2)54(70)57(10,29-42)72-15)76-51-27-47(25-36(4)74-51)65(14)23-22-44-32-67(63-60-44)49(30-59)53(69)43-18-20-46(21-19-43)66-33-45(61-62-66)31-64(12)13/h18-21,32-36,38-42,47-55,68-70H,5,17,22-31H2,1-4,6-16H3/t34?,35-,36?,38?,39+,40?,41+,42+,47?,48+,49-,50-,51?,52?,53-,54+,55-,57-,58-/m1/s1. The molecule has 17 nitrogen and oxygen atoms in total. The molecule has 3 aromatic rings. The molecule has 1 aromatic carbocycles. The highest BCUT2D eigenvalue weighted by molar-refractivity contribution is 5.72. The fourth-order valence-electron chi connectivity index (χ4n) is 13.0. The first-order valence-corrected chi connectivity index (χ1v) is 28.0. The Morgan fingerprint density at radius 3 is 2.20 bits per heavy atom. The van der Waals surface area contributed by atoms with Crippen molar-refractivity contribution in [2.75, 3.05) is 48.6 Å². The minimum absolute atomic E-state index is 0.0151. The number of cyclic esters (lactones) is 1. The molecule has 19 atom stereocenters. The largest absolute Gasteiger partial charge is 0.462 e. The zero-order valence-electron chi connectivity index (χ0n) is 48.5. The van der Waals surface area contributed by atoms with Gasteiger partial charge < -0.3 is 48.8 Å². The average molecular weight is 1070 g/mol. The van der Waals surface area contributed by atoms with Gasteiger partial charge in [0.05, 0.1) is 64.8 Å². The van der Waals surface area contributed by atoms with Crippen molar-refractivity contribution in [1.29, 1.82) is 0 Å². The number of halogens is 1. The molecule has 3 fully saturated rings. The van der Waals surface area contributed by atoms with Crippen molar-refractivity contribution >= 4 is 5.97 Å². The van der Waals surface area contributed by atoms with Crippen LogP contribution in [-0.2, 0) is 41.4 Å². The summed E-state index contributed by atoms with van der Waals surface area (Å²) < 4.78 is 51.0. The van der Waals surface area contributed by atoms with Gasteiger partial charge in [-0.3, -0.25) is 4.79 Å². The van der Waals surface area contributed by atoms with Crippen molar-refractivity contribution in [2.45, 2.75) is 193 Å². The van der Waals surface area contributed by atoms with Gasteiger partial charge in [0.25, 0.3) is 0 Å². The van der Waals surface area contributed by atoms with E-state index in [0.717, 1.165) is 29.8 Å². The summed E-state index contributed by atoms with van der Waals surface area (Å²) in [7, 11) is 9.40. The Morgan fingerprint density at radius 2 is 1.57 bits per heavy atom. The van der Waals surface area contributed by atoms with Crippen LogP contribution in [0.3, 0.4) is 0 Å². The second-order valence-corrected chi connectivity index (χ2v) is 24.1. The maximum absolute atomic E-state index is 14.8. The molecule has 2 aromatic heterocycles. The normalized spacial score (nSPS) is 36.2. The van der Waals surface area contributed by atoms with E-state index in [2.05, 4.69) is 73.8 Å². The van der Waals surface area contributed by atoms with Crippen LogP contribution in [0.2, 0.25) is 0 Å². The Bertz CT molecular complexity index is 2300. The van der Waals surface area contributed by atoms with Gasteiger partial charge in [0.2, 0.25) is 0 Å². The number of ether oxygens (including phenoxy) is 5. The van der Waals surface area contributed by atoms with E-state index in [1.54, 1.807) is 37.2 Å². The van der Waals surface area contributed by atoms with Gasteiger partial charge in [-0.25, -0.2) is 13.8 Å². The molecule has 2 saturated heterocycles. The van der Waals surface area contributed by atoms with Gasteiger partial charge in [0.1, 0.15) is 24.9 Å². The van der Waals surface area contributed by atoms with Crippen LogP contribution in [-0.4, -0.2) is 164 Å². The summed E-state index contributed by atoms with van der Waals surface area (Å²) in [6.45, 7) is 25.5. The highest BCUT2D eigenvalue weighted by Crippen LogP contribution is 2.47. The number of hydrogen-bond acceptors (Lipinski definition) is 15. The number of carbonyl (C=O) groups excluding carboxylic acids is 1. The summed E-state index contributed by atoms with van der Waals surface area (Å²) in [5, 5.41) is 51.7. The Morgan fingerprint density at radius 1 is 0.895 bits per heavy atom. The molecule has 2 aliphatic heterocycles. The summed E-state index contributed by atoms with van der Waals surface area (Å²) >= 11 is 0. The molecule has 428 valence electrons. The van der Waals surface area contributed by atoms with Crippen LogP contribution < -0.4 is 0 Å². The van der Waals surface area contributed by atoms with E-state index in [4.69, 9.17) is 23.7 Å². The van der Waals surface area contributed by atoms with Crippen molar-refractivity contribution in [3.05, 3.63) is 65.8 Å². The van der Waals surface area contributed by atoms with E-state index < -0.39 is 66.6 Å². The van der Waals surface area contributed by atoms with Crippen molar-refractivity contribution < 1.29 is 48.2 Å². The number of esters is 1. The Balaban J connectivity index is 1.21. The third-order valence-corrected chi connectivity index (χ3v) is 18.1. The van der Waals surface area contributed by atoms with Crippen LogP contribution in [0, 0.1) is 47.3 Å². The molecule has 76 heavy (non-hydrogen) atoms. The number of carbonyl (C=O) groups is 1. The van der Waals surface area contributed by atoms with E-state index in [9.17, 15) is 24.5 Å². The Kier molecular flexibility index (Phi) is 21.4. The molecule has 0 bridgehead atoms. The van der Waals surface area contributed by atoms with E-state index in [-0.39, 0.29) is 59.5 Å². The molecular weight excluding hydrogens is 972 g/mol. The van der Waals surface area contributed by atoms with Gasteiger partial charge in [-0.2, -0.15) is 0 Å². The number of rotatable bonds is 18. The fourth-order valence-corrected chi connectivity index (χ4v) is 13.0. The van der Waals surface area contributed by atoms with Gasteiger partial charge in [-0.15, -0.1) is 10.2 Å². The van der Waals surface area contributed by atoms with Crippen molar-refractivity contribution in [3.63, 3.8) is 0 Å². The number of alkyl halides is 1. The number of likely N-dealkylation sites (N-methyl/N-ethyl adjacent to an activating group) is 1. The third kappa shape index (κ3) is 14.4. The number of nitrogens with zero attached hydrogens (tertiary/aromatic N) is 8. The van der Waals surface area contributed by atoms with Gasteiger partial charge >= 0.3 is 5.97 Å². The average Bonchev–Trinajstić information content (AvgIpc) is 4.08. The lowest BCUT2D eigenvalue weighted by molar-refractivity contribution is -0.269. The number of aliphatic hydroxyl groups excluding tert-OH is 3. The van der Waals surface area contributed by atoms with Crippen LogP contribution in [0.5, 0.6) is 0 Å². The maximum Gasteiger partial charge on any atom is 0.309 e. The highest BCUT2D eigenvalue weighted by atomic mass is 19.1. The minimum atomic E-state index is -1.17. The van der Waals surface area contributed by atoms with Crippen molar-refractivity contribution in [1.82, 2.24) is 39.8 Å². The van der Waals surface area contributed by atoms with Crippen LogP contribution >= 0.6 is 0 Å². The van der Waals surface area contributed by atoms with E-state index in [1.165, 1.54) is 4.68 Å². The van der Waals surface area contributed by atoms with Crippen LogP contribution in [0.1, 0.15) is 143 Å². The molecule has 7 unspecified atom stereocenters. The number of benzene rings is 1. The number of methoxy groups -OCH3 is 2. The Labute approximate surface area is 453 Å². The molecule has 4 heterocycles. The lowest BCUT2D eigenvalue weighted by Crippen LogP contribution is -2.55. The summed E-state index contributed by atoms with van der Waals surface area (Å²) in [5.41, 5.74) is 2.07. The summed E-state index contributed by atoms with van der Waals surface area (Å²) in [6.07, 6.45) is 4.21. The topological polar surface area (TPSA) is 192 Å². The van der Waals surface area contributed by atoms with Crippen LogP contribution in [0.4, 0.5) is 4.39 Å². The second-order valence-electron chi connectivity index (χ2n) is 24.1. The number of hydrogen-bond donors (Lipinski definition) is 3. The first-order chi connectivity index (χ1) is 35.9. The van der Waals surface area contributed by atoms with E-state index >= 15 is 0 Å². The summed E-state index contributed by atoms with van der Waals surface area (Å²) in [5.74, 6) is -1.90. The zero-order valence-corrected chi connectivity index (χ0v) is 48.5. The smallest absolute Gasteiger partial charge is 0.309 e. The summed E-state index contributed by atoms with van der Waals surface area (Å²) in [4.78, 5) is 18.9. The van der Waals surface area contributed by atoms with Gasteiger partial charge in [-0.1, -0.05) is 83.2 Å². The molecule has 3 N–H and O–H groups in total. The first-order valence-electron chi connectivity index (χ1n) is 28.0. The predicted octanol–water partition coefficient (Wildman–Crippen LogP) is 7.96. The summed E-state index contributed by atoms with van der Waals surface area (Å²) in [6, 6.07) is 6.25. The van der Waals surface area contributed by atoms with Crippen LogP contribution in [0.25, 0.3) is 5.69 Å². The quantitative estimate of drug-likeness (QED) is 0.0821. The minimum Gasteiger partial charge on any atom is -0.462 e. The SMILES string of the molecule is C=C1C(C)C(O)[C@@H](C)[C@@H](CC)OC(=O)C(C)[C@@H](C[C@@H]2CC(C)[C@H](O)[C@](C)(OC)C2)[C@H](C)[C@@H](OC2CC(N(C)CCc3cn([C@H](CF)[C@H](O)c4ccc(-n5cc(CN(C)C)nn5)cc4)nn3)CC(C)O2)[C@](C)(OC)C[C@H]1C. The highest BCUT2D eigenvalue weighted by Gasteiger charge is 2.51. The molecule has 0 spiro atoms. The molecule has 18 heteroatoms. The predicted molar refractivity (Wildman–Crippen MR) is 290 cm³/mol. The molecule has 3 aliphatic rings. The molecular formula is C58H95FN8O9. The monoisotopic (exact) mass is 1070 g/mol. The number of aliphatic hydroxyl groups is 3. The lowest BCUT2D eigenvalue weighted by Gasteiger charge is -2.49. The molecule has 6 rings (SSSR count). The maximum atomic E-state index is 14.8. The van der Waals surface area contributed by atoms with Crippen molar-refractivity contribution in [3.8, 4) is 5.69 Å². The lowest BCUT2D eigenvalue weighted by atomic mass is 9.64. The van der Waals surface area contributed by atoms with Gasteiger partial charge in [-0.05, 0) is 128 Å². The third-order valence-electron chi connectivity index (χ3n) is 18.1. The van der Waals surface area contributed by atoms with E-state index in [1.807, 2.05) is 71.9 Å². The van der Waals surface area contributed by atoms with Crippen molar-refractivity contribution in [2.24, 2.45) is 47.3 Å². The fraction of sp³-hybridized carbons (Fsp3) is 0.776. The van der Waals surface area contributed by atoms with E-state index in [0.29, 0.717) is 62.9 Å². The zero-order chi connectivity index (χ0) is 56.0. The molecule has 1 saturated carbocycles. The first kappa shape index (κ1) is 61.5. The molecule has 1 aliphatic carbocycles. The number of aromatic nitrogens is 6. The molecule has 0 amide bonds. The second kappa shape index (κ2) is 26.5. The Hall–Kier alpha value is -3.72. The molecule has 0 radical (unpaired) electrons. The van der Waals surface area contributed by atoms with Gasteiger partial charge in [0.15, 0.2) is 6.29 Å². The van der Waals surface area contributed by atoms with Gasteiger partial charge in [0, 0.05) is 64.2 Å². The van der Waals surface area contributed by atoms with Crippen LogP contribution in [0.15, 0.2) is 48.8 Å².